The zero-order valence-electron chi connectivity index (χ0n) is 23.6. The molecule has 2 aromatic heterocycles. The summed E-state index contributed by atoms with van der Waals surface area (Å²) < 4.78 is 85.2. The van der Waals surface area contributed by atoms with Crippen molar-refractivity contribution in [1.82, 2.24) is 19.9 Å². The SMILES string of the molecule is Cc1cc(N)nc(-c2c(Cl)cc3c(N4CCCCOCC4)nc(OC[C@@]45CCCN4C[C@H](F)C5)nc3c2F)c1C(F)(F)F. The molecular weight excluding hydrogens is 595 g/mol. The zero-order valence-corrected chi connectivity index (χ0v) is 24.4. The van der Waals surface area contributed by atoms with Gasteiger partial charge in [-0.05, 0) is 56.8 Å². The molecule has 5 heterocycles. The van der Waals surface area contributed by atoms with E-state index in [1.165, 1.54) is 13.0 Å². The second-order valence-corrected chi connectivity index (χ2v) is 11.9. The van der Waals surface area contributed by atoms with Crippen molar-refractivity contribution in [1.29, 1.82) is 0 Å². The Balaban J connectivity index is 1.50. The lowest BCUT2D eigenvalue weighted by molar-refractivity contribution is -0.137. The number of nitrogens with zero attached hydrogens (tertiary/aromatic N) is 5. The van der Waals surface area contributed by atoms with Crippen LogP contribution in [0.5, 0.6) is 6.01 Å². The Bertz CT molecular complexity index is 1530. The van der Waals surface area contributed by atoms with Crippen molar-refractivity contribution in [2.75, 3.05) is 56.6 Å². The largest absolute Gasteiger partial charge is 0.461 e. The highest BCUT2D eigenvalue weighted by Crippen LogP contribution is 2.45. The molecule has 1 aromatic carbocycles. The average molecular weight is 627 g/mol. The summed E-state index contributed by atoms with van der Waals surface area (Å²) >= 11 is 6.54. The van der Waals surface area contributed by atoms with Crippen molar-refractivity contribution in [3.63, 3.8) is 0 Å². The Morgan fingerprint density at radius 2 is 1.93 bits per heavy atom. The molecule has 3 saturated heterocycles. The van der Waals surface area contributed by atoms with Gasteiger partial charge in [0.2, 0.25) is 0 Å². The second-order valence-electron chi connectivity index (χ2n) is 11.5. The molecular formula is C29H32ClF5N6O2. The third-order valence-electron chi connectivity index (χ3n) is 8.60. The minimum atomic E-state index is -4.86. The van der Waals surface area contributed by atoms with E-state index in [0.29, 0.717) is 45.1 Å². The molecule has 0 radical (unpaired) electrons. The first-order valence-corrected chi connectivity index (χ1v) is 14.7. The standard InChI is InChI=1S/C29H32ClF5N6O2/c1-16-11-20(36)37-25(22(16)29(33,34)35)21-19(30)12-18-24(23(21)32)38-27(39-26(18)40-6-2-3-9-42-10-8-40)43-15-28-5-4-7-41(28)14-17(31)13-28/h11-12,17H,2-10,13-15H2,1H3,(H2,36,37)/t17-,28+/m1/s1. The molecule has 6 rings (SSSR count). The van der Waals surface area contributed by atoms with Crippen molar-refractivity contribution in [3.05, 3.63) is 34.1 Å². The number of rotatable bonds is 5. The first-order chi connectivity index (χ1) is 20.5. The van der Waals surface area contributed by atoms with Crippen LogP contribution >= 0.6 is 11.6 Å². The molecule has 0 unspecified atom stereocenters. The monoisotopic (exact) mass is 626 g/mol. The second kappa shape index (κ2) is 11.5. The Labute approximate surface area is 250 Å². The van der Waals surface area contributed by atoms with E-state index in [-0.39, 0.29) is 39.9 Å². The molecule has 0 saturated carbocycles. The van der Waals surface area contributed by atoms with Gasteiger partial charge in [0.05, 0.1) is 34.0 Å². The van der Waals surface area contributed by atoms with Gasteiger partial charge >= 0.3 is 12.2 Å². The van der Waals surface area contributed by atoms with Gasteiger partial charge < -0.3 is 20.1 Å². The third-order valence-corrected chi connectivity index (χ3v) is 8.90. The molecule has 0 bridgehead atoms. The summed E-state index contributed by atoms with van der Waals surface area (Å²) in [6.45, 7) is 4.43. The van der Waals surface area contributed by atoms with Crippen LogP contribution in [-0.2, 0) is 10.9 Å². The fourth-order valence-corrected chi connectivity index (χ4v) is 6.96. The van der Waals surface area contributed by atoms with Gasteiger partial charge in [0.1, 0.15) is 29.9 Å². The van der Waals surface area contributed by atoms with Crippen LogP contribution in [0, 0.1) is 12.7 Å². The van der Waals surface area contributed by atoms with E-state index in [9.17, 15) is 17.6 Å². The van der Waals surface area contributed by atoms with Gasteiger partial charge in [-0.3, -0.25) is 4.90 Å². The van der Waals surface area contributed by atoms with Gasteiger partial charge in [0, 0.05) is 38.0 Å². The number of pyridine rings is 1. The van der Waals surface area contributed by atoms with E-state index in [0.717, 1.165) is 38.3 Å². The van der Waals surface area contributed by atoms with Crippen molar-refractivity contribution in [2.45, 2.75) is 56.9 Å². The van der Waals surface area contributed by atoms with Crippen molar-refractivity contribution in [2.24, 2.45) is 0 Å². The number of hydrogen-bond donors (Lipinski definition) is 1. The molecule has 14 heteroatoms. The summed E-state index contributed by atoms with van der Waals surface area (Å²) in [5, 5.41) is -0.0889. The molecule has 3 aliphatic rings. The number of nitrogens with two attached hydrogens (primary N) is 1. The maximum Gasteiger partial charge on any atom is 0.418 e. The Morgan fingerprint density at radius 3 is 2.72 bits per heavy atom. The number of ether oxygens (including phenoxy) is 2. The van der Waals surface area contributed by atoms with E-state index in [1.807, 2.05) is 4.90 Å². The summed E-state index contributed by atoms with van der Waals surface area (Å²) in [5.74, 6) is -0.999. The van der Waals surface area contributed by atoms with Crippen LogP contribution in [0.15, 0.2) is 12.1 Å². The van der Waals surface area contributed by atoms with Gasteiger partial charge in [-0.25, -0.2) is 13.8 Å². The molecule has 0 amide bonds. The van der Waals surface area contributed by atoms with Gasteiger partial charge in [0.15, 0.2) is 5.82 Å². The topological polar surface area (TPSA) is 89.6 Å². The number of halogens is 6. The molecule has 3 fully saturated rings. The van der Waals surface area contributed by atoms with Crippen LogP contribution in [0.4, 0.5) is 33.6 Å². The fourth-order valence-electron chi connectivity index (χ4n) is 6.67. The van der Waals surface area contributed by atoms with Crippen molar-refractivity contribution < 1.29 is 31.4 Å². The lowest BCUT2D eigenvalue weighted by Gasteiger charge is -2.31. The van der Waals surface area contributed by atoms with Gasteiger partial charge in [0.25, 0.3) is 0 Å². The number of anilines is 2. The van der Waals surface area contributed by atoms with Crippen LogP contribution in [-0.4, -0.2) is 77.6 Å². The van der Waals surface area contributed by atoms with E-state index in [4.69, 9.17) is 26.8 Å². The Hall–Kier alpha value is -3.03. The lowest BCUT2D eigenvalue weighted by Crippen LogP contribution is -2.43. The number of hydrogen-bond acceptors (Lipinski definition) is 8. The Morgan fingerprint density at radius 1 is 1.12 bits per heavy atom. The number of aryl methyl sites for hydroxylation is 1. The van der Waals surface area contributed by atoms with Crippen LogP contribution in [0.3, 0.4) is 0 Å². The van der Waals surface area contributed by atoms with Crippen LogP contribution in [0.1, 0.15) is 43.2 Å². The normalized spacial score (nSPS) is 23.4. The smallest absolute Gasteiger partial charge is 0.418 e. The Kier molecular flexibility index (Phi) is 8.01. The van der Waals surface area contributed by atoms with E-state index >= 15 is 4.39 Å². The summed E-state index contributed by atoms with van der Waals surface area (Å²) in [5.41, 5.74) is 2.37. The molecule has 2 N–H and O–H groups in total. The molecule has 3 aromatic rings. The molecule has 0 aliphatic carbocycles. The van der Waals surface area contributed by atoms with Gasteiger partial charge in [-0.15, -0.1) is 0 Å². The third kappa shape index (κ3) is 5.66. The molecule has 2 atom stereocenters. The van der Waals surface area contributed by atoms with Crippen LogP contribution in [0.25, 0.3) is 22.2 Å². The van der Waals surface area contributed by atoms with Crippen LogP contribution in [0.2, 0.25) is 5.02 Å². The molecule has 8 nitrogen and oxygen atoms in total. The lowest BCUT2D eigenvalue weighted by atomic mass is 9.95. The van der Waals surface area contributed by atoms with Crippen molar-refractivity contribution in [3.8, 4) is 17.3 Å². The van der Waals surface area contributed by atoms with E-state index < -0.39 is 40.5 Å². The first-order valence-electron chi connectivity index (χ1n) is 14.4. The molecule has 3 aliphatic heterocycles. The fraction of sp³-hybridized carbons (Fsp3) is 0.552. The summed E-state index contributed by atoms with van der Waals surface area (Å²) in [4.78, 5) is 16.8. The van der Waals surface area contributed by atoms with Gasteiger partial charge in [-0.1, -0.05) is 11.6 Å². The predicted octanol–water partition coefficient (Wildman–Crippen LogP) is 5.97. The number of fused-ring (bicyclic) bond motifs is 2. The minimum Gasteiger partial charge on any atom is -0.461 e. The predicted molar refractivity (Wildman–Crippen MR) is 153 cm³/mol. The number of aromatic nitrogens is 3. The zero-order chi connectivity index (χ0) is 30.5. The molecule has 0 spiro atoms. The minimum absolute atomic E-state index is 0.0950. The number of alkyl halides is 4. The number of benzene rings is 1. The highest BCUT2D eigenvalue weighted by atomic mass is 35.5. The maximum absolute atomic E-state index is 16.5. The summed E-state index contributed by atoms with van der Waals surface area (Å²) in [6.07, 6.45) is -2.30. The highest BCUT2D eigenvalue weighted by molar-refractivity contribution is 6.34. The molecule has 43 heavy (non-hydrogen) atoms. The molecule has 232 valence electrons. The first kappa shape index (κ1) is 30.0. The highest BCUT2D eigenvalue weighted by Gasteiger charge is 2.49. The van der Waals surface area contributed by atoms with Gasteiger partial charge in [-0.2, -0.15) is 23.1 Å². The maximum atomic E-state index is 16.5. The van der Waals surface area contributed by atoms with Crippen molar-refractivity contribution >= 4 is 34.1 Å². The van der Waals surface area contributed by atoms with E-state index in [1.54, 1.807) is 0 Å². The summed E-state index contributed by atoms with van der Waals surface area (Å²) in [7, 11) is 0. The van der Waals surface area contributed by atoms with Crippen LogP contribution < -0.4 is 15.4 Å². The summed E-state index contributed by atoms with van der Waals surface area (Å²) in [6, 6.07) is 2.27. The quantitative estimate of drug-likeness (QED) is 0.347. The number of nitrogen functional groups attached to an aromatic ring is 1. The van der Waals surface area contributed by atoms with E-state index in [2.05, 4.69) is 19.9 Å². The average Bonchev–Trinajstić information content (AvgIpc) is 3.42.